The molecule has 1 amide bonds. The summed E-state index contributed by atoms with van der Waals surface area (Å²) in [6.07, 6.45) is 1.82. The van der Waals surface area contributed by atoms with Gasteiger partial charge in [0.15, 0.2) is 0 Å². The van der Waals surface area contributed by atoms with Gasteiger partial charge in [0.2, 0.25) is 5.91 Å². The number of aliphatic hydroxyl groups excluding tert-OH is 2. The molecule has 3 atom stereocenters. The maximum absolute atomic E-state index is 12.4. The molecule has 1 aliphatic heterocycles. The zero-order valence-electron chi connectivity index (χ0n) is 20.8. The molecular weight excluding hydrogens is 424 g/mol. The van der Waals surface area contributed by atoms with E-state index in [2.05, 4.69) is 28.9 Å². The number of aryl methyl sites for hydroxylation is 2. The molecule has 0 aliphatic carbocycles. The standard InChI is InChI=1S/C24H42N4O5/c1-17(2)8-13-33-23-15-28(20(5)29)11-10-27(14-21-18(3)25-26-19(21)4)9-6-7-12-32-16-22(30)24(23)31/h6-7,17,22-24,30-31H,8-16H2,1-5H3,(H,25,26)/b7-6+/t22-,23-,24-/m1/s1. The monoisotopic (exact) mass is 466 g/mol. The van der Waals surface area contributed by atoms with Crippen LogP contribution in [0.4, 0.5) is 0 Å². The number of hydrogen-bond acceptors (Lipinski definition) is 7. The van der Waals surface area contributed by atoms with Gasteiger partial charge < -0.3 is 24.6 Å². The predicted molar refractivity (Wildman–Crippen MR) is 127 cm³/mol. The van der Waals surface area contributed by atoms with Crippen LogP contribution in [0.5, 0.6) is 0 Å². The molecule has 0 aromatic carbocycles. The van der Waals surface area contributed by atoms with Crippen LogP contribution in [-0.2, 0) is 20.8 Å². The number of aliphatic hydroxyl groups is 2. The number of carbonyl (C=O) groups is 1. The first-order valence-electron chi connectivity index (χ1n) is 11.9. The molecule has 0 bridgehead atoms. The number of aromatic amines is 1. The van der Waals surface area contributed by atoms with E-state index in [0.29, 0.717) is 45.3 Å². The second-order valence-corrected chi connectivity index (χ2v) is 9.27. The number of rotatable bonds is 6. The normalized spacial score (nSPS) is 25.2. The Bertz CT molecular complexity index is 732. The lowest BCUT2D eigenvalue weighted by molar-refractivity contribution is -0.139. The van der Waals surface area contributed by atoms with E-state index in [9.17, 15) is 15.0 Å². The number of nitrogens with one attached hydrogen (secondary N) is 1. The minimum atomic E-state index is -1.15. The molecule has 0 saturated carbocycles. The Hall–Kier alpha value is -1.78. The lowest BCUT2D eigenvalue weighted by atomic mass is 10.1. The van der Waals surface area contributed by atoms with Crippen molar-refractivity contribution in [1.82, 2.24) is 20.0 Å². The van der Waals surface area contributed by atoms with E-state index >= 15 is 0 Å². The van der Waals surface area contributed by atoms with Crippen LogP contribution < -0.4 is 0 Å². The summed E-state index contributed by atoms with van der Waals surface area (Å²) >= 11 is 0. The second-order valence-electron chi connectivity index (χ2n) is 9.27. The predicted octanol–water partition coefficient (Wildman–Crippen LogP) is 1.42. The molecule has 33 heavy (non-hydrogen) atoms. The van der Waals surface area contributed by atoms with E-state index in [1.54, 1.807) is 4.90 Å². The van der Waals surface area contributed by atoms with Crippen LogP contribution in [0, 0.1) is 19.8 Å². The summed E-state index contributed by atoms with van der Waals surface area (Å²) in [4.78, 5) is 16.4. The SMILES string of the molecule is CC(=O)N1CCN(Cc2c(C)n[nH]c2C)C/C=C/COC[C@@H](O)[C@@H](O)[C@H](OCCC(C)C)C1. The van der Waals surface area contributed by atoms with Crippen LogP contribution in [0.1, 0.15) is 44.1 Å². The van der Waals surface area contributed by atoms with Gasteiger partial charge in [0.05, 0.1) is 18.9 Å². The summed E-state index contributed by atoms with van der Waals surface area (Å²) in [6.45, 7) is 13.3. The Balaban J connectivity index is 2.18. The molecule has 188 valence electrons. The van der Waals surface area contributed by atoms with Crippen LogP contribution >= 0.6 is 0 Å². The van der Waals surface area contributed by atoms with Gasteiger partial charge in [0.25, 0.3) is 0 Å². The third-order valence-corrected chi connectivity index (χ3v) is 6.03. The number of H-pyrrole nitrogens is 1. The molecule has 9 heteroatoms. The average Bonchev–Trinajstić information content (AvgIpc) is 3.07. The molecule has 2 heterocycles. The minimum absolute atomic E-state index is 0.00720. The van der Waals surface area contributed by atoms with Crippen molar-refractivity contribution in [3.05, 3.63) is 29.1 Å². The fourth-order valence-electron chi connectivity index (χ4n) is 3.73. The summed E-state index contributed by atoms with van der Waals surface area (Å²) in [5.74, 6) is 0.358. The smallest absolute Gasteiger partial charge is 0.219 e. The minimum Gasteiger partial charge on any atom is -0.388 e. The molecule has 9 nitrogen and oxygen atoms in total. The zero-order valence-corrected chi connectivity index (χ0v) is 20.8. The van der Waals surface area contributed by atoms with E-state index in [0.717, 1.165) is 23.4 Å². The molecule has 1 aromatic heterocycles. The summed E-state index contributed by atoms with van der Waals surface area (Å²) < 4.78 is 11.5. The average molecular weight is 467 g/mol. The van der Waals surface area contributed by atoms with Crippen molar-refractivity contribution in [3.63, 3.8) is 0 Å². The van der Waals surface area contributed by atoms with Crippen molar-refractivity contribution in [2.24, 2.45) is 5.92 Å². The van der Waals surface area contributed by atoms with E-state index in [4.69, 9.17) is 9.47 Å². The number of carbonyl (C=O) groups excluding carboxylic acids is 1. The largest absolute Gasteiger partial charge is 0.388 e. The van der Waals surface area contributed by atoms with E-state index in [1.165, 1.54) is 6.92 Å². The fourth-order valence-corrected chi connectivity index (χ4v) is 3.73. The van der Waals surface area contributed by atoms with Gasteiger partial charge in [-0.15, -0.1) is 0 Å². The molecule has 3 N–H and O–H groups in total. The summed E-state index contributed by atoms with van der Waals surface area (Å²) in [5, 5.41) is 28.5. The van der Waals surface area contributed by atoms with Gasteiger partial charge >= 0.3 is 0 Å². The quantitative estimate of drug-likeness (QED) is 0.544. The van der Waals surface area contributed by atoms with Gasteiger partial charge in [-0.25, -0.2) is 0 Å². The van der Waals surface area contributed by atoms with Crippen LogP contribution in [0.25, 0.3) is 0 Å². The van der Waals surface area contributed by atoms with Crippen molar-refractivity contribution in [1.29, 1.82) is 0 Å². The number of ether oxygens (including phenoxy) is 2. The summed E-state index contributed by atoms with van der Waals surface area (Å²) in [6, 6.07) is 0. The van der Waals surface area contributed by atoms with Gasteiger partial charge in [0, 0.05) is 57.5 Å². The fraction of sp³-hybridized carbons (Fsp3) is 0.750. The van der Waals surface area contributed by atoms with Crippen molar-refractivity contribution in [2.45, 2.75) is 65.9 Å². The van der Waals surface area contributed by atoms with Crippen molar-refractivity contribution < 1.29 is 24.5 Å². The van der Waals surface area contributed by atoms with E-state index in [1.807, 2.05) is 26.0 Å². The van der Waals surface area contributed by atoms with Crippen molar-refractivity contribution in [3.8, 4) is 0 Å². The molecule has 0 unspecified atom stereocenters. The molecule has 0 fully saturated rings. The number of hydrogen-bond donors (Lipinski definition) is 3. The maximum atomic E-state index is 12.4. The molecule has 0 spiro atoms. The van der Waals surface area contributed by atoms with Crippen LogP contribution in [0.15, 0.2) is 12.2 Å². The van der Waals surface area contributed by atoms with E-state index in [-0.39, 0.29) is 19.1 Å². The Morgan fingerprint density at radius 3 is 2.70 bits per heavy atom. The first-order valence-corrected chi connectivity index (χ1v) is 11.9. The number of nitrogens with zero attached hydrogens (tertiary/aromatic N) is 3. The first-order chi connectivity index (χ1) is 15.7. The lowest BCUT2D eigenvalue weighted by Crippen LogP contribution is -2.50. The lowest BCUT2D eigenvalue weighted by Gasteiger charge is -2.33. The molecule has 2 rings (SSSR count). The van der Waals surface area contributed by atoms with Gasteiger partial charge in [-0.2, -0.15) is 5.10 Å². The molecule has 0 radical (unpaired) electrons. The Kier molecular flexibility index (Phi) is 11.5. The number of amides is 1. The highest BCUT2D eigenvalue weighted by Crippen LogP contribution is 2.15. The van der Waals surface area contributed by atoms with Gasteiger partial charge in [-0.05, 0) is 26.2 Å². The highest BCUT2D eigenvalue weighted by Gasteiger charge is 2.30. The Morgan fingerprint density at radius 2 is 2.06 bits per heavy atom. The van der Waals surface area contributed by atoms with Gasteiger partial charge in [-0.1, -0.05) is 26.0 Å². The second kappa shape index (κ2) is 13.8. The topological polar surface area (TPSA) is 111 Å². The summed E-state index contributed by atoms with van der Waals surface area (Å²) in [5.41, 5.74) is 3.17. The maximum Gasteiger partial charge on any atom is 0.219 e. The first kappa shape index (κ1) is 27.5. The highest BCUT2D eigenvalue weighted by molar-refractivity contribution is 5.73. The van der Waals surface area contributed by atoms with Crippen molar-refractivity contribution >= 4 is 5.91 Å². The third kappa shape index (κ3) is 9.17. The highest BCUT2D eigenvalue weighted by atomic mass is 16.5. The van der Waals surface area contributed by atoms with Crippen LogP contribution in [-0.4, -0.2) is 100 Å². The summed E-state index contributed by atoms with van der Waals surface area (Å²) in [7, 11) is 0. The zero-order chi connectivity index (χ0) is 24.4. The van der Waals surface area contributed by atoms with Gasteiger partial charge in [-0.3, -0.25) is 14.8 Å². The molecule has 0 saturated heterocycles. The Labute approximate surface area is 197 Å². The van der Waals surface area contributed by atoms with Crippen LogP contribution in [0.3, 0.4) is 0 Å². The Morgan fingerprint density at radius 1 is 1.30 bits per heavy atom. The van der Waals surface area contributed by atoms with Crippen molar-refractivity contribution in [2.75, 3.05) is 46.0 Å². The number of aromatic nitrogens is 2. The van der Waals surface area contributed by atoms with Gasteiger partial charge in [0.1, 0.15) is 18.3 Å². The third-order valence-electron chi connectivity index (χ3n) is 6.03. The molecule has 1 aromatic rings. The molecule has 1 aliphatic rings. The molecular formula is C24H42N4O5. The van der Waals surface area contributed by atoms with E-state index < -0.39 is 18.3 Å². The van der Waals surface area contributed by atoms with Crippen LogP contribution in [0.2, 0.25) is 0 Å².